The van der Waals surface area contributed by atoms with Gasteiger partial charge in [-0.15, -0.1) is 0 Å². The molecule has 1 aromatic rings. The van der Waals surface area contributed by atoms with Gasteiger partial charge >= 0.3 is 0 Å². The lowest BCUT2D eigenvalue weighted by molar-refractivity contribution is -0.280. The first kappa shape index (κ1) is 16.4. The topological polar surface area (TPSA) is 112 Å². The molecule has 0 aliphatic rings. The zero-order chi connectivity index (χ0) is 13.8. The molecule has 1 unspecified atom stereocenters. The number of rotatable bonds is 6. The average molecular weight is 256 g/mol. The summed E-state index contributed by atoms with van der Waals surface area (Å²) in [5, 5.41) is 25.2. The van der Waals surface area contributed by atoms with Gasteiger partial charge in [0.15, 0.2) is 0 Å². The Morgan fingerprint density at radius 2 is 1.94 bits per heavy atom. The highest BCUT2D eigenvalue weighted by Crippen LogP contribution is 2.16. The number of benzene rings is 1. The van der Waals surface area contributed by atoms with Crippen molar-refractivity contribution < 1.29 is 25.1 Å². The van der Waals surface area contributed by atoms with Crippen molar-refractivity contribution >= 4 is 6.08 Å². The van der Waals surface area contributed by atoms with Crippen molar-refractivity contribution in [2.45, 2.75) is 12.7 Å². The summed E-state index contributed by atoms with van der Waals surface area (Å²) in [5.74, 6) is 0. The second kappa shape index (κ2) is 10.5. The molecule has 0 saturated heterocycles. The molecule has 0 fully saturated rings. The Labute approximate surface area is 104 Å². The number of isocyanates is 1. The van der Waals surface area contributed by atoms with E-state index in [1.165, 1.54) is 0 Å². The molecule has 7 heteroatoms. The summed E-state index contributed by atoms with van der Waals surface area (Å²) in [7, 11) is 1.78. The van der Waals surface area contributed by atoms with Gasteiger partial charge in [0.1, 0.15) is 12.7 Å². The Balaban J connectivity index is 0.000000873. The van der Waals surface area contributed by atoms with Gasteiger partial charge < -0.3 is 5.32 Å². The molecule has 100 valence electrons. The van der Waals surface area contributed by atoms with E-state index >= 15 is 0 Å². The molecule has 0 spiro atoms. The lowest BCUT2D eigenvalue weighted by Crippen LogP contribution is -2.18. The van der Waals surface area contributed by atoms with Crippen molar-refractivity contribution in [3.05, 3.63) is 35.4 Å². The van der Waals surface area contributed by atoms with Gasteiger partial charge in [-0.3, -0.25) is 10.5 Å². The normalized spacial score (nSPS) is 11.1. The van der Waals surface area contributed by atoms with Crippen LogP contribution in [0.15, 0.2) is 24.3 Å². The van der Waals surface area contributed by atoms with Crippen LogP contribution in [0.2, 0.25) is 0 Å². The standard InChI is InChI=1S/C10H15NO4.CHNO/c1-11-6-10(15-13)9-4-2-8(3-5-9)7-14-12;2-1-3/h2-5,10-13H,6-7H2,1H3;2H. The van der Waals surface area contributed by atoms with Crippen molar-refractivity contribution in [3.8, 4) is 0 Å². The van der Waals surface area contributed by atoms with Crippen LogP contribution in [0.3, 0.4) is 0 Å². The van der Waals surface area contributed by atoms with E-state index in [9.17, 15) is 0 Å². The van der Waals surface area contributed by atoms with Crippen LogP contribution in [0.5, 0.6) is 0 Å². The van der Waals surface area contributed by atoms with Crippen LogP contribution in [0, 0.1) is 5.41 Å². The molecule has 0 aliphatic heterocycles. The van der Waals surface area contributed by atoms with Crippen LogP contribution in [0.4, 0.5) is 0 Å². The van der Waals surface area contributed by atoms with Crippen LogP contribution < -0.4 is 5.32 Å². The van der Waals surface area contributed by atoms with E-state index in [0.29, 0.717) is 6.54 Å². The Morgan fingerprint density at radius 1 is 1.39 bits per heavy atom. The number of hydrogen-bond donors (Lipinski definition) is 4. The summed E-state index contributed by atoms with van der Waals surface area (Å²) >= 11 is 0. The second-order valence-electron chi connectivity index (χ2n) is 3.27. The number of carbonyl (C=O) groups excluding carboxylic acids is 1. The van der Waals surface area contributed by atoms with Crippen LogP contribution in [0.1, 0.15) is 17.2 Å². The van der Waals surface area contributed by atoms with Gasteiger partial charge in [-0.1, -0.05) is 24.3 Å². The van der Waals surface area contributed by atoms with E-state index in [1.54, 1.807) is 19.2 Å². The van der Waals surface area contributed by atoms with Crippen LogP contribution in [-0.2, 0) is 21.2 Å². The fourth-order valence-corrected chi connectivity index (χ4v) is 1.30. The quantitative estimate of drug-likeness (QED) is 0.264. The van der Waals surface area contributed by atoms with Gasteiger partial charge in [0, 0.05) is 6.54 Å². The first-order valence-electron chi connectivity index (χ1n) is 5.07. The fraction of sp³-hybridized carbons (Fsp3) is 0.364. The van der Waals surface area contributed by atoms with E-state index in [2.05, 4.69) is 15.1 Å². The summed E-state index contributed by atoms with van der Waals surface area (Å²) in [5.41, 5.74) is 1.70. The van der Waals surface area contributed by atoms with Crippen molar-refractivity contribution in [2.75, 3.05) is 13.6 Å². The number of nitrogens with one attached hydrogen (secondary N) is 2. The van der Waals surface area contributed by atoms with Gasteiger partial charge in [-0.05, 0) is 18.2 Å². The Hall–Kier alpha value is -1.60. The molecule has 1 aromatic carbocycles. The maximum Gasteiger partial charge on any atom is 0.231 e. The summed E-state index contributed by atoms with van der Waals surface area (Å²) in [6.07, 6.45) is 0.360. The summed E-state index contributed by atoms with van der Waals surface area (Å²) in [4.78, 5) is 16.7. The van der Waals surface area contributed by atoms with Crippen molar-refractivity contribution in [2.24, 2.45) is 0 Å². The monoisotopic (exact) mass is 256 g/mol. The van der Waals surface area contributed by atoms with Crippen LogP contribution in [-0.4, -0.2) is 30.2 Å². The fourth-order valence-electron chi connectivity index (χ4n) is 1.30. The summed E-state index contributed by atoms with van der Waals surface area (Å²) < 4.78 is 0. The Morgan fingerprint density at radius 3 is 2.33 bits per heavy atom. The molecular weight excluding hydrogens is 240 g/mol. The highest BCUT2D eigenvalue weighted by atomic mass is 17.1. The Bertz CT molecular complexity index is 349. The molecule has 0 aromatic heterocycles. The molecule has 0 heterocycles. The largest absolute Gasteiger partial charge is 0.317 e. The third-order valence-electron chi connectivity index (χ3n) is 2.10. The van der Waals surface area contributed by atoms with E-state index in [4.69, 9.17) is 20.7 Å². The van der Waals surface area contributed by atoms with Crippen molar-refractivity contribution in [1.82, 2.24) is 5.32 Å². The SMILES string of the molecule is CNCC(OO)c1ccc(COO)cc1.N=C=O. The maximum absolute atomic E-state index is 8.68. The Kier molecular flexibility index (Phi) is 9.61. The minimum atomic E-state index is -0.390. The van der Waals surface area contributed by atoms with Crippen LogP contribution in [0.25, 0.3) is 0 Å². The maximum atomic E-state index is 8.68. The molecule has 1 rings (SSSR count). The predicted octanol–water partition coefficient (Wildman–Crippen LogP) is 1.33. The third-order valence-corrected chi connectivity index (χ3v) is 2.10. The molecule has 18 heavy (non-hydrogen) atoms. The van der Waals surface area contributed by atoms with E-state index < -0.39 is 0 Å². The van der Waals surface area contributed by atoms with E-state index in [1.807, 2.05) is 12.1 Å². The first-order valence-corrected chi connectivity index (χ1v) is 5.07. The first-order chi connectivity index (χ1) is 8.73. The predicted molar refractivity (Wildman–Crippen MR) is 62.7 cm³/mol. The van der Waals surface area contributed by atoms with Crippen molar-refractivity contribution in [1.29, 1.82) is 5.41 Å². The summed E-state index contributed by atoms with van der Waals surface area (Å²) in [6, 6.07) is 7.22. The minimum Gasteiger partial charge on any atom is -0.317 e. The molecule has 4 N–H and O–H groups in total. The van der Waals surface area contributed by atoms with Crippen molar-refractivity contribution in [3.63, 3.8) is 0 Å². The highest BCUT2D eigenvalue weighted by molar-refractivity contribution is 5.26. The minimum absolute atomic E-state index is 0.150. The molecule has 0 aliphatic carbocycles. The summed E-state index contributed by atoms with van der Waals surface area (Å²) in [6.45, 7) is 0.670. The van der Waals surface area contributed by atoms with Gasteiger partial charge in [0.25, 0.3) is 0 Å². The zero-order valence-corrected chi connectivity index (χ0v) is 9.92. The van der Waals surface area contributed by atoms with E-state index in [-0.39, 0.29) is 12.7 Å². The third kappa shape index (κ3) is 6.21. The number of likely N-dealkylation sites (N-methyl/N-ethyl adjacent to an activating group) is 1. The van der Waals surface area contributed by atoms with Gasteiger partial charge in [0.05, 0.1) is 0 Å². The molecule has 7 nitrogen and oxygen atoms in total. The van der Waals surface area contributed by atoms with Gasteiger partial charge in [-0.2, -0.15) is 0 Å². The zero-order valence-electron chi connectivity index (χ0n) is 9.92. The molecule has 0 saturated carbocycles. The smallest absolute Gasteiger partial charge is 0.231 e. The van der Waals surface area contributed by atoms with Crippen LogP contribution >= 0.6 is 0 Å². The lowest BCUT2D eigenvalue weighted by Gasteiger charge is -2.13. The second-order valence-corrected chi connectivity index (χ2v) is 3.27. The lowest BCUT2D eigenvalue weighted by atomic mass is 10.1. The molecule has 1 atom stereocenters. The van der Waals surface area contributed by atoms with Gasteiger partial charge in [0.2, 0.25) is 6.08 Å². The molecule has 0 radical (unpaired) electrons. The molecule has 0 bridgehead atoms. The average Bonchev–Trinajstić information content (AvgIpc) is 2.38. The van der Waals surface area contributed by atoms with E-state index in [0.717, 1.165) is 17.2 Å². The molecular formula is C11H16N2O5. The van der Waals surface area contributed by atoms with Gasteiger partial charge in [-0.25, -0.2) is 20.0 Å². The highest BCUT2D eigenvalue weighted by Gasteiger charge is 2.10. The molecule has 0 amide bonds. The number of hydrogen-bond acceptors (Lipinski definition) is 7.